The summed E-state index contributed by atoms with van der Waals surface area (Å²) in [5.74, 6) is -1.34. The Morgan fingerprint density at radius 2 is 1.92 bits per heavy atom. The fraction of sp³-hybridized carbons (Fsp3) is 0.526. The second-order valence-corrected chi connectivity index (χ2v) is 7.00. The molecular formula is C19H25N3O4. The van der Waals surface area contributed by atoms with E-state index in [2.05, 4.69) is 0 Å². The van der Waals surface area contributed by atoms with Crippen molar-refractivity contribution >= 4 is 17.7 Å². The minimum Gasteiger partial charge on any atom is -0.383 e. The van der Waals surface area contributed by atoms with Crippen molar-refractivity contribution in [2.24, 2.45) is 17.6 Å². The number of primary amides is 1. The molecule has 2 aliphatic rings. The standard InChI is InChI=1S/C19H25N3O4/c1-26-8-7-21-10-14(9-17(21)23)19(25)22-11-15(16(12-22)18(20)24)13-5-3-2-4-6-13/h2-6,14-16H,7-12H2,1H3,(H2,20,24)/t14?,15-,16+/m1/s1. The number of ether oxygens (including phenoxy) is 1. The predicted octanol–water partition coefficient (Wildman–Crippen LogP) is 0.209. The largest absolute Gasteiger partial charge is 0.383 e. The van der Waals surface area contributed by atoms with E-state index in [0.717, 1.165) is 5.56 Å². The van der Waals surface area contributed by atoms with Gasteiger partial charge in [-0.05, 0) is 5.56 Å². The van der Waals surface area contributed by atoms with Crippen LogP contribution in [0.25, 0.3) is 0 Å². The first kappa shape index (κ1) is 18.4. The van der Waals surface area contributed by atoms with Crippen LogP contribution in [-0.2, 0) is 19.1 Å². The fourth-order valence-corrected chi connectivity index (χ4v) is 3.92. The highest BCUT2D eigenvalue weighted by molar-refractivity contribution is 5.90. The van der Waals surface area contributed by atoms with Gasteiger partial charge in [0.25, 0.3) is 0 Å². The normalized spacial score (nSPS) is 25.7. The third-order valence-corrected chi connectivity index (χ3v) is 5.35. The fourth-order valence-electron chi connectivity index (χ4n) is 3.92. The molecule has 0 radical (unpaired) electrons. The maximum absolute atomic E-state index is 12.9. The van der Waals surface area contributed by atoms with Crippen molar-refractivity contribution in [2.75, 3.05) is 39.9 Å². The predicted molar refractivity (Wildman–Crippen MR) is 95.0 cm³/mol. The molecule has 2 saturated heterocycles. The third kappa shape index (κ3) is 3.72. The second kappa shape index (κ2) is 7.86. The molecule has 26 heavy (non-hydrogen) atoms. The number of rotatable bonds is 6. The number of nitrogens with zero attached hydrogens (tertiary/aromatic N) is 2. The lowest BCUT2D eigenvalue weighted by molar-refractivity contribution is -0.135. The minimum absolute atomic E-state index is 0.0225. The zero-order valence-electron chi connectivity index (χ0n) is 15.0. The zero-order valence-corrected chi connectivity index (χ0v) is 15.0. The molecule has 3 amide bonds. The van der Waals surface area contributed by atoms with Crippen molar-refractivity contribution in [3.8, 4) is 0 Å². The van der Waals surface area contributed by atoms with Gasteiger partial charge in [0.15, 0.2) is 0 Å². The van der Waals surface area contributed by atoms with Crippen molar-refractivity contribution in [1.82, 2.24) is 9.80 Å². The average molecular weight is 359 g/mol. The van der Waals surface area contributed by atoms with Crippen molar-refractivity contribution in [1.29, 1.82) is 0 Å². The van der Waals surface area contributed by atoms with Gasteiger partial charge in [0.1, 0.15) is 0 Å². The van der Waals surface area contributed by atoms with E-state index >= 15 is 0 Å². The van der Waals surface area contributed by atoms with Gasteiger partial charge in [0, 0.05) is 45.6 Å². The lowest BCUT2D eigenvalue weighted by atomic mass is 9.89. The van der Waals surface area contributed by atoms with E-state index in [1.807, 2.05) is 30.3 Å². The van der Waals surface area contributed by atoms with Crippen molar-refractivity contribution in [3.63, 3.8) is 0 Å². The van der Waals surface area contributed by atoms with Gasteiger partial charge in [-0.15, -0.1) is 0 Å². The van der Waals surface area contributed by atoms with E-state index in [-0.39, 0.29) is 30.1 Å². The number of methoxy groups -OCH3 is 1. The minimum atomic E-state index is -0.400. The number of benzene rings is 1. The van der Waals surface area contributed by atoms with E-state index in [9.17, 15) is 14.4 Å². The van der Waals surface area contributed by atoms with Crippen LogP contribution in [0.3, 0.4) is 0 Å². The molecule has 2 fully saturated rings. The van der Waals surface area contributed by atoms with Gasteiger partial charge in [-0.25, -0.2) is 0 Å². The summed E-state index contributed by atoms with van der Waals surface area (Å²) in [6, 6.07) is 9.67. The third-order valence-electron chi connectivity index (χ3n) is 5.35. The van der Waals surface area contributed by atoms with Gasteiger partial charge < -0.3 is 20.3 Å². The van der Waals surface area contributed by atoms with Gasteiger partial charge in [0.2, 0.25) is 17.7 Å². The van der Waals surface area contributed by atoms with Gasteiger partial charge in [-0.2, -0.15) is 0 Å². The van der Waals surface area contributed by atoms with Crippen LogP contribution >= 0.6 is 0 Å². The van der Waals surface area contributed by atoms with E-state index in [1.54, 1.807) is 16.9 Å². The van der Waals surface area contributed by atoms with Crippen LogP contribution in [0.2, 0.25) is 0 Å². The summed E-state index contributed by atoms with van der Waals surface area (Å²) in [4.78, 5) is 40.3. The molecule has 0 aliphatic carbocycles. The molecule has 140 valence electrons. The number of hydrogen-bond acceptors (Lipinski definition) is 4. The topological polar surface area (TPSA) is 92.9 Å². The van der Waals surface area contributed by atoms with Crippen LogP contribution in [0.4, 0.5) is 0 Å². The quantitative estimate of drug-likeness (QED) is 0.786. The van der Waals surface area contributed by atoms with Crippen LogP contribution in [0.1, 0.15) is 17.9 Å². The first-order chi connectivity index (χ1) is 12.5. The van der Waals surface area contributed by atoms with Crippen LogP contribution in [0, 0.1) is 11.8 Å². The Kier molecular flexibility index (Phi) is 5.56. The lowest BCUT2D eigenvalue weighted by Crippen LogP contribution is -2.37. The molecule has 0 spiro atoms. The summed E-state index contributed by atoms with van der Waals surface area (Å²) in [5, 5.41) is 0. The molecule has 2 N–H and O–H groups in total. The molecule has 1 unspecified atom stereocenters. The van der Waals surface area contributed by atoms with Crippen LogP contribution in [0.5, 0.6) is 0 Å². The Morgan fingerprint density at radius 3 is 2.58 bits per heavy atom. The summed E-state index contributed by atoms with van der Waals surface area (Å²) in [6.45, 7) is 2.14. The molecule has 3 atom stereocenters. The van der Waals surface area contributed by atoms with Crippen LogP contribution in [0.15, 0.2) is 30.3 Å². The Morgan fingerprint density at radius 1 is 1.19 bits per heavy atom. The van der Waals surface area contributed by atoms with Crippen LogP contribution in [-0.4, -0.2) is 67.4 Å². The summed E-state index contributed by atoms with van der Waals surface area (Å²) in [6.07, 6.45) is 0.219. The Bertz CT molecular complexity index is 679. The van der Waals surface area contributed by atoms with Crippen LogP contribution < -0.4 is 5.73 Å². The highest BCUT2D eigenvalue weighted by atomic mass is 16.5. The molecule has 7 heteroatoms. The molecule has 1 aromatic rings. The SMILES string of the molecule is COCCN1CC(C(=O)N2C[C@H](C(N)=O)[C@@H](c3ccccc3)C2)CC1=O. The van der Waals surface area contributed by atoms with Gasteiger partial charge in [-0.3, -0.25) is 14.4 Å². The lowest BCUT2D eigenvalue weighted by Gasteiger charge is -2.21. The molecular weight excluding hydrogens is 334 g/mol. The van der Waals surface area contributed by atoms with E-state index in [4.69, 9.17) is 10.5 Å². The maximum Gasteiger partial charge on any atom is 0.228 e. The summed E-state index contributed by atoms with van der Waals surface area (Å²) in [5.41, 5.74) is 6.60. The molecule has 2 heterocycles. The monoisotopic (exact) mass is 359 g/mol. The number of amides is 3. The van der Waals surface area contributed by atoms with E-state index in [0.29, 0.717) is 32.8 Å². The second-order valence-electron chi connectivity index (χ2n) is 7.00. The highest BCUT2D eigenvalue weighted by Crippen LogP contribution is 2.34. The number of nitrogens with two attached hydrogens (primary N) is 1. The summed E-state index contributed by atoms with van der Waals surface area (Å²) in [7, 11) is 1.58. The van der Waals surface area contributed by atoms with E-state index < -0.39 is 11.8 Å². The van der Waals surface area contributed by atoms with Crippen molar-refractivity contribution in [3.05, 3.63) is 35.9 Å². The number of carbonyl (C=O) groups excluding carboxylic acids is 3. The molecule has 2 aliphatic heterocycles. The Hall–Kier alpha value is -2.41. The van der Waals surface area contributed by atoms with Gasteiger partial charge in [0.05, 0.1) is 18.4 Å². The van der Waals surface area contributed by atoms with Gasteiger partial charge in [-0.1, -0.05) is 30.3 Å². The Balaban J connectivity index is 1.69. The molecule has 0 saturated carbocycles. The molecule has 7 nitrogen and oxygen atoms in total. The zero-order chi connectivity index (χ0) is 18.7. The highest BCUT2D eigenvalue weighted by Gasteiger charge is 2.43. The number of carbonyl (C=O) groups is 3. The molecule has 0 aromatic heterocycles. The summed E-state index contributed by atoms with van der Waals surface area (Å²) >= 11 is 0. The molecule has 3 rings (SSSR count). The summed E-state index contributed by atoms with van der Waals surface area (Å²) < 4.78 is 5.01. The van der Waals surface area contributed by atoms with Gasteiger partial charge >= 0.3 is 0 Å². The smallest absolute Gasteiger partial charge is 0.228 e. The maximum atomic E-state index is 12.9. The number of likely N-dealkylation sites (tertiary alicyclic amines) is 2. The average Bonchev–Trinajstić information content (AvgIpc) is 3.24. The number of hydrogen-bond donors (Lipinski definition) is 1. The first-order valence-corrected chi connectivity index (χ1v) is 8.91. The first-order valence-electron chi connectivity index (χ1n) is 8.91. The molecule has 1 aromatic carbocycles. The Labute approximate surface area is 153 Å². The van der Waals surface area contributed by atoms with Crippen molar-refractivity contribution in [2.45, 2.75) is 12.3 Å². The van der Waals surface area contributed by atoms with Crippen molar-refractivity contribution < 1.29 is 19.1 Å². The molecule has 0 bridgehead atoms. The van der Waals surface area contributed by atoms with E-state index in [1.165, 1.54) is 0 Å².